The average Bonchev–Trinajstić information content (AvgIpc) is 3.25. The molecule has 2 heterocycles. The number of hydrogen-bond donors (Lipinski definition) is 2. The van der Waals surface area contributed by atoms with Crippen LogP contribution in [0.1, 0.15) is 65.9 Å². The molecule has 0 aliphatic heterocycles. The highest BCUT2D eigenvalue weighted by atomic mass is 32.1. The Morgan fingerprint density at radius 1 is 1.29 bits per heavy atom. The molecule has 2 N–H and O–H groups in total. The van der Waals surface area contributed by atoms with E-state index in [9.17, 15) is 4.79 Å². The lowest BCUT2D eigenvalue weighted by atomic mass is 9.96. The molecule has 152 valence electrons. The third kappa shape index (κ3) is 5.11. The molecule has 28 heavy (non-hydrogen) atoms. The van der Waals surface area contributed by atoms with Crippen LogP contribution in [-0.4, -0.2) is 27.5 Å². The molecule has 0 amide bonds. The highest BCUT2D eigenvalue weighted by molar-refractivity contribution is 7.80. The van der Waals surface area contributed by atoms with Gasteiger partial charge in [0, 0.05) is 29.7 Å². The molecule has 2 aromatic rings. The van der Waals surface area contributed by atoms with Gasteiger partial charge in [0.2, 0.25) is 0 Å². The quantitative estimate of drug-likeness (QED) is 0.537. The molecule has 1 aliphatic carbocycles. The summed E-state index contributed by atoms with van der Waals surface area (Å²) in [5, 5.41) is 12.0. The number of nitrogens with zero attached hydrogens (tertiary/aromatic N) is 2. The number of thiophene rings is 1. The number of aromatic nitrogens is 2. The van der Waals surface area contributed by atoms with E-state index in [2.05, 4.69) is 22.7 Å². The Kier molecular flexibility index (Phi) is 7.44. The van der Waals surface area contributed by atoms with Crippen LogP contribution in [0.5, 0.6) is 0 Å². The second-order valence-corrected chi connectivity index (χ2v) is 8.37. The Balaban J connectivity index is 1.74. The molecule has 6 nitrogen and oxygen atoms in total. The van der Waals surface area contributed by atoms with Gasteiger partial charge in [-0.2, -0.15) is 5.10 Å². The van der Waals surface area contributed by atoms with Crippen LogP contribution in [0.3, 0.4) is 0 Å². The molecule has 0 fully saturated rings. The summed E-state index contributed by atoms with van der Waals surface area (Å²) in [7, 11) is 0. The third-order valence-electron chi connectivity index (χ3n) is 4.84. The minimum absolute atomic E-state index is 0.255. The largest absolute Gasteiger partial charge is 0.462 e. The summed E-state index contributed by atoms with van der Waals surface area (Å²) in [6, 6.07) is 0. The zero-order valence-electron chi connectivity index (χ0n) is 16.5. The Bertz CT molecular complexity index is 828. The van der Waals surface area contributed by atoms with E-state index in [1.165, 1.54) is 24.1 Å². The first-order chi connectivity index (χ1) is 13.6. The third-order valence-corrected chi connectivity index (χ3v) is 6.30. The Hall–Kier alpha value is -1.93. The van der Waals surface area contributed by atoms with Crippen LogP contribution in [0.25, 0.3) is 0 Å². The molecule has 0 bridgehead atoms. The summed E-state index contributed by atoms with van der Waals surface area (Å²) in [6.07, 6.45) is 10.5. The number of carbonyl (C=O) groups is 1. The standard InChI is InChI=1S/C20H28N4O2S2/c1-3-24-13-14(12-22-24)11-21-20(27)23-18-17(19(25)26-4-2)15-9-7-5-6-8-10-16(15)28-18/h12-13H,3-11H2,1-2H3,(H2,21,23,27). The van der Waals surface area contributed by atoms with E-state index in [1.54, 1.807) is 11.3 Å². The molecule has 0 saturated carbocycles. The van der Waals surface area contributed by atoms with Gasteiger partial charge >= 0.3 is 5.97 Å². The first-order valence-corrected chi connectivity index (χ1v) is 11.2. The zero-order chi connectivity index (χ0) is 19.9. The van der Waals surface area contributed by atoms with Crippen LogP contribution in [0.4, 0.5) is 5.00 Å². The van der Waals surface area contributed by atoms with Crippen molar-refractivity contribution in [2.24, 2.45) is 0 Å². The number of fused-ring (bicyclic) bond motifs is 1. The maximum absolute atomic E-state index is 12.7. The fraction of sp³-hybridized carbons (Fsp3) is 0.550. The van der Waals surface area contributed by atoms with Gasteiger partial charge in [-0.25, -0.2) is 4.79 Å². The van der Waals surface area contributed by atoms with Crippen molar-refractivity contribution in [2.45, 2.75) is 65.5 Å². The first kappa shape index (κ1) is 20.8. The van der Waals surface area contributed by atoms with Crippen molar-refractivity contribution in [2.75, 3.05) is 11.9 Å². The van der Waals surface area contributed by atoms with Crippen molar-refractivity contribution in [1.82, 2.24) is 15.1 Å². The summed E-state index contributed by atoms with van der Waals surface area (Å²) in [4.78, 5) is 14.0. The number of thiocarbonyl (C=S) groups is 1. The molecule has 0 saturated heterocycles. The number of esters is 1. The molecule has 0 spiro atoms. The van der Waals surface area contributed by atoms with Crippen molar-refractivity contribution in [1.29, 1.82) is 0 Å². The Labute approximate surface area is 175 Å². The molecule has 1 aliphatic rings. The second-order valence-electron chi connectivity index (χ2n) is 6.85. The van der Waals surface area contributed by atoms with E-state index in [0.717, 1.165) is 41.9 Å². The maximum atomic E-state index is 12.7. The van der Waals surface area contributed by atoms with Crippen molar-refractivity contribution >= 4 is 39.6 Å². The van der Waals surface area contributed by atoms with Crippen molar-refractivity contribution in [3.63, 3.8) is 0 Å². The van der Waals surface area contributed by atoms with Gasteiger partial charge in [0.25, 0.3) is 0 Å². The summed E-state index contributed by atoms with van der Waals surface area (Å²) in [6.45, 7) is 5.69. The minimum Gasteiger partial charge on any atom is -0.462 e. The SMILES string of the molecule is CCOC(=O)c1c(NC(=S)NCc2cnn(CC)c2)sc2c1CCCCCC2. The van der Waals surface area contributed by atoms with Gasteiger partial charge in [-0.3, -0.25) is 4.68 Å². The van der Waals surface area contributed by atoms with Gasteiger partial charge in [-0.1, -0.05) is 12.8 Å². The van der Waals surface area contributed by atoms with Crippen molar-refractivity contribution < 1.29 is 9.53 Å². The number of carbonyl (C=O) groups excluding carboxylic acids is 1. The Morgan fingerprint density at radius 2 is 2.07 bits per heavy atom. The van der Waals surface area contributed by atoms with Gasteiger partial charge in [0.05, 0.1) is 18.4 Å². The van der Waals surface area contributed by atoms with E-state index >= 15 is 0 Å². The number of rotatable bonds is 6. The summed E-state index contributed by atoms with van der Waals surface area (Å²) >= 11 is 7.12. The normalized spacial score (nSPS) is 13.9. The first-order valence-electron chi connectivity index (χ1n) is 10.00. The van der Waals surface area contributed by atoms with Crippen LogP contribution in [0.2, 0.25) is 0 Å². The summed E-state index contributed by atoms with van der Waals surface area (Å²) in [5.41, 5.74) is 2.89. The molecule has 0 radical (unpaired) electrons. The number of anilines is 1. The van der Waals surface area contributed by atoms with Crippen LogP contribution in [0.15, 0.2) is 12.4 Å². The van der Waals surface area contributed by atoms with Crippen molar-refractivity contribution in [3.8, 4) is 0 Å². The highest BCUT2D eigenvalue weighted by Gasteiger charge is 2.25. The molecule has 2 aromatic heterocycles. The molecule has 0 atom stereocenters. The molecule has 0 aromatic carbocycles. The zero-order valence-corrected chi connectivity index (χ0v) is 18.2. The number of nitrogens with one attached hydrogen (secondary N) is 2. The van der Waals surface area contributed by atoms with Gasteiger partial charge in [-0.05, 0) is 57.3 Å². The molecule has 8 heteroatoms. The van der Waals surface area contributed by atoms with Gasteiger partial charge in [0.1, 0.15) is 5.00 Å². The average molecular weight is 421 g/mol. The lowest BCUT2D eigenvalue weighted by molar-refractivity contribution is 0.0526. The van der Waals surface area contributed by atoms with Crippen LogP contribution < -0.4 is 10.6 Å². The summed E-state index contributed by atoms with van der Waals surface area (Å²) < 4.78 is 7.22. The van der Waals surface area contributed by atoms with Crippen LogP contribution >= 0.6 is 23.6 Å². The topological polar surface area (TPSA) is 68.2 Å². The van der Waals surface area contributed by atoms with Crippen LogP contribution in [0, 0.1) is 0 Å². The van der Waals surface area contributed by atoms with E-state index < -0.39 is 0 Å². The van der Waals surface area contributed by atoms with E-state index in [-0.39, 0.29) is 5.97 Å². The monoisotopic (exact) mass is 420 g/mol. The summed E-state index contributed by atoms with van der Waals surface area (Å²) in [5.74, 6) is -0.255. The molecular weight excluding hydrogens is 392 g/mol. The lowest BCUT2D eigenvalue weighted by Crippen LogP contribution is -2.28. The second kappa shape index (κ2) is 10.0. The molecular formula is C20H28N4O2S2. The highest BCUT2D eigenvalue weighted by Crippen LogP contribution is 2.37. The predicted molar refractivity (Wildman–Crippen MR) is 117 cm³/mol. The van der Waals surface area contributed by atoms with E-state index in [0.29, 0.717) is 23.8 Å². The van der Waals surface area contributed by atoms with Gasteiger partial charge in [-0.15, -0.1) is 11.3 Å². The fourth-order valence-corrected chi connectivity index (χ4v) is 4.95. The number of hydrogen-bond acceptors (Lipinski definition) is 5. The van der Waals surface area contributed by atoms with Gasteiger partial charge in [0.15, 0.2) is 5.11 Å². The smallest absolute Gasteiger partial charge is 0.341 e. The number of ether oxygens (including phenoxy) is 1. The van der Waals surface area contributed by atoms with E-state index in [1.807, 2.05) is 24.0 Å². The van der Waals surface area contributed by atoms with E-state index in [4.69, 9.17) is 17.0 Å². The maximum Gasteiger partial charge on any atom is 0.341 e. The van der Waals surface area contributed by atoms with Crippen molar-refractivity contribution in [3.05, 3.63) is 34.0 Å². The van der Waals surface area contributed by atoms with Crippen LogP contribution in [-0.2, 0) is 30.7 Å². The molecule has 0 unspecified atom stereocenters. The predicted octanol–water partition coefficient (Wildman–Crippen LogP) is 4.29. The Morgan fingerprint density at radius 3 is 2.79 bits per heavy atom. The lowest BCUT2D eigenvalue weighted by Gasteiger charge is -2.12. The molecule has 3 rings (SSSR count). The minimum atomic E-state index is -0.255. The number of aryl methyl sites for hydroxylation is 2. The fourth-order valence-electron chi connectivity index (χ4n) is 3.43. The van der Waals surface area contributed by atoms with Gasteiger partial charge < -0.3 is 15.4 Å².